The number of carbonyl (C=O) groups excluding carboxylic acids is 1. The van der Waals surface area contributed by atoms with Crippen molar-refractivity contribution in [1.29, 1.82) is 0 Å². The van der Waals surface area contributed by atoms with E-state index in [0.29, 0.717) is 16.4 Å². The average Bonchev–Trinajstić information content (AvgIpc) is 2.93. The zero-order valence-electron chi connectivity index (χ0n) is 14.8. The maximum atomic E-state index is 12.4. The molecule has 0 radical (unpaired) electrons. The fourth-order valence-electron chi connectivity index (χ4n) is 2.93. The van der Waals surface area contributed by atoms with Crippen LogP contribution < -0.4 is 10.0 Å². The first kappa shape index (κ1) is 19.5. The molecule has 0 unspecified atom stereocenters. The third-order valence-electron chi connectivity index (χ3n) is 4.41. The van der Waals surface area contributed by atoms with Crippen molar-refractivity contribution in [3.8, 4) is 0 Å². The highest BCUT2D eigenvalue weighted by Crippen LogP contribution is 2.20. The van der Waals surface area contributed by atoms with Gasteiger partial charge >= 0.3 is 6.03 Å². The monoisotopic (exact) mass is 407 g/mol. The van der Waals surface area contributed by atoms with E-state index in [1.807, 2.05) is 4.90 Å². The SMILES string of the molecule is O=C(Nc1ccc(NS(=O)(=O)c2ccc(Cl)cc2)cc1)N1CCCCCC1. The summed E-state index contributed by atoms with van der Waals surface area (Å²) in [5.41, 5.74) is 1.04. The Kier molecular flexibility index (Phi) is 6.23. The number of hydrogen-bond donors (Lipinski definition) is 2. The number of urea groups is 1. The van der Waals surface area contributed by atoms with Crippen molar-refractivity contribution in [3.05, 3.63) is 53.6 Å². The van der Waals surface area contributed by atoms with E-state index in [0.717, 1.165) is 38.8 Å². The van der Waals surface area contributed by atoms with Gasteiger partial charge in [0.25, 0.3) is 10.0 Å². The van der Waals surface area contributed by atoms with Gasteiger partial charge in [-0.25, -0.2) is 13.2 Å². The summed E-state index contributed by atoms with van der Waals surface area (Å²) in [7, 11) is -3.69. The summed E-state index contributed by atoms with van der Waals surface area (Å²) in [4.78, 5) is 14.3. The topological polar surface area (TPSA) is 78.5 Å². The van der Waals surface area contributed by atoms with Gasteiger partial charge in [0.15, 0.2) is 0 Å². The van der Waals surface area contributed by atoms with E-state index < -0.39 is 10.0 Å². The Labute approximate surface area is 164 Å². The van der Waals surface area contributed by atoms with E-state index in [-0.39, 0.29) is 10.9 Å². The number of carbonyl (C=O) groups is 1. The molecule has 27 heavy (non-hydrogen) atoms. The second kappa shape index (κ2) is 8.63. The van der Waals surface area contributed by atoms with E-state index in [2.05, 4.69) is 10.0 Å². The predicted molar refractivity (Wildman–Crippen MR) is 108 cm³/mol. The summed E-state index contributed by atoms with van der Waals surface area (Å²) in [5, 5.41) is 3.33. The van der Waals surface area contributed by atoms with Gasteiger partial charge in [-0.05, 0) is 61.4 Å². The number of halogens is 1. The number of anilines is 2. The van der Waals surface area contributed by atoms with Gasteiger partial charge in [0.2, 0.25) is 0 Å². The molecule has 2 amide bonds. The van der Waals surface area contributed by atoms with Crippen LogP contribution in [0.4, 0.5) is 16.2 Å². The smallest absolute Gasteiger partial charge is 0.321 e. The third kappa shape index (κ3) is 5.37. The molecule has 144 valence electrons. The highest BCUT2D eigenvalue weighted by molar-refractivity contribution is 7.92. The highest BCUT2D eigenvalue weighted by atomic mass is 35.5. The van der Waals surface area contributed by atoms with Gasteiger partial charge in [-0.2, -0.15) is 0 Å². The van der Waals surface area contributed by atoms with E-state index in [1.54, 1.807) is 24.3 Å². The van der Waals surface area contributed by atoms with Crippen LogP contribution in [0.5, 0.6) is 0 Å². The maximum absolute atomic E-state index is 12.4. The summed E-state index contributed by atoms with van der Waals surface area (Å²) < 4.78 is 27.3. The Bertz CT molecular complexity index is 875. The van der Waals surface area contributed by atoms with Crippen LogP contribution in [0.1, 0.15) is 25.7 Å². The van der Waals surface area contributed by atoms with Gasteiger partial charge in [-0.1, -0.05) is 24.4 Å². The number of nitrogens with one attached hydrogen (secondary N) is 2. The van der Waals surface area contributed by atoms with Crippen molar-refractivity contribution in [1.82, 2.24) is 4.90 Å². The molecule has 0 aliphatic carbocycles. The largest absolute Gasteiger partial charge is 0.325 e. The van der Waals surface area contributed by atoms with E-state index in [9.17, 15) is 13.2 Å². The van der Waals surface area contributed by atoms with Gasteiger partial charge in [-0.3, -0.25) is 4.72 Å². The lowest BCUT2D eigenvalue weighted by molar-refractivity contribution is 0.214. The average molecular weight is 408 g/mol. The highest BCUT2D eigenvalue weighted by Gasteiger charge is 2.16. The molecule has 8 heteroatoms. The first-order valence-corrected chi connectivity index (χ1v) is 10.7. The molecule has 0 saturated carbocycles. The molecule has 1 fully saturated rings. The Hall–Kier alpha value is -2.25. The predicted octanol–water partition coefficient (Wildman–Crippen LogP) is 4.55. The molecule has 0 aromatic heterocycles. The summed E-state index contributed by atoms with van der Waals surface area (Å²) >= 11 is 5.79. The van der Waals surface area contributed by atoms with Crippen LogP contribution in [0.3, 0.4) is 0 Å². The molecule has 1 heterocycles. The van der Waals surface area contributed by atoms with Crippen LogP contribution in [-0.4, -0.2) is 32.4 Å². The van der Waals surface area contributed by atoms with Gasteiger partial charge < -0.3 is 10.2 Å². The number of likely N-dealkylation sites (tertiary alicyclic amines) is 1. The lowest BCUT2D eigenvalue weighted by atomic mass is 10.2. The minimum absolute atomic E-state index is 0.119. The normalized spacial score (nSPS) is 15.1. The lowest BCUT2D eigenvalue weighted by Gasteiger charge is -2.20. The molecule has 1 saturated heterocycles. The van der Waals surface area contributed by atoms with Crippen molar-refractivity contribution >= 4 is 39.0 Å². The van der Waals surface area contributed by atoms with Crippen LogP contribution in [-0.2, 0) is 10.0 Å². The van der Waals surface area contributed by atoms with Crippen molar-refractivity contribution in [2.75, 3.05) is 23.1 Å². The van der Waals surface area contributed by atoms with Crippen molar-refractivity contribution in [3.63, 3.8) is 0 Å². The zero-order chi connectivity index (χ0) is 19.3. The second-order valence-corrected chi connectivity index (χ2v) is 8.59. The van der Waals surface area contributed by atoms with Crippen LogP contribution in [0, 0.1) is 0 Å². The summed E-state index contributed by atoms with van der Waals surface area (Å²) in [6, 6.07) is 12.4. The first-order chi connectivity index (χ1) is 12.9. The molecule has 3 rings (SSSR count). The maximum Gasteiger partial charge on any atom is 0.321 e. The molecule has 1 aliphatic heterocycles. The minimum atomic E-state index is -3.69. The molecule has 0 bridgehead atoms. The minimum Gasteiger partial charge on any atom is -0.325 e. The summed E-state index contributed by atoms with van der Waals surface area (Å²) in [6.07, 6.45) is 4.37. The molecule has 2 aromatic carbocycles. The van der Waals surface area contributed by atoms with Gasteiger partial charge in [-0.15, -0.1) is 0 Å². The number of amides is 2. The molecule has 1 aliphatic rings. The van der Waals surface area contributed by atoms with Crippen molar-refractivity contribution < 1.29 is 13.2 Å². The molecule has 2 aromatic rings. The number of nitrogens with zero attached hydrogens (tertiary/aromatic N) is 1. The zero-order valence-corrected chi connectivity index (χ0v) is 16.4. The second-order valence-electron chi connectivity index (χ2n) is 6.47. The number of rotatable bonds is 4. The van der Waals surface area contributed by atoms with Crippen LogP contribution in [0.25, 0.3) is 0 Å². The fraction of sp³-hybridized carbons (Fsp3) is 0.316. The van der Waals surface area contributed by atoms with E-state index in [1.165, 1.54) is 24.3 Å². The van der Waals surface area contributed by atoms with E-state index >= 15 is 0 Å². The number of sulfonamides is 1. The molecular formula is C19H22ClN3O3S. The fourth-order valence-corrected chi connectivity index (χ4v) is 4.11. The molecule has 2 N–H and O–H groups in total. The van der Waals surface area contributed by atoms with Gasteiger partial charge in [0.05, 0.1) is 4.90 Å². The Balaban J connectivity index is 1.63. The molecule has 0 spiro atoms. The Morgan fingerprint density at radius 1 is 0.852 bits per heavy atom. The van der Waals surface area contributed by atoms with Crippen LogP contribution in [0.15, 0.2) is 53.4 Å². The quantitative estimate of drug-likeness (QED) is 0.780. The van der Waals surface area contributed by atoms with Crippen molar-refractivity contribution in [2.24, 2.45) is 0 Å². The molecular weight excluding hydrogens is 386 g/mol. The van der Waals surface area contributed by atoms with Gasteiger partial charge in [0.1, 0.15) is 0 Å². The van der Waals surface area contributed by atoms with E-state index in [4.69, 9.17) is 11.6 Å². The van der Waals surface area contributed by atoms with Gasteiger partial charge in [0, 0.05) is 29.5 Å². The molecule has 6 nitrogen and oxygen atoms in total. The number of hydrogen-bond acceptors (Lipinski definition) is 3. The van der Waals surface area contributed by atoms with Crippen LogP contribution >= 0.6 is 11.6 Å². The lowest BCUT2D eigenvalue weighted by Crippen LogP contribution is -2.35. The Morgan fingerprint density at radius 2 is 1.41 bits per heavy atom. The Morgan fingerprint density at radius 3 is 2.00 bits per heavy atom. The van der Waals surface area contributed by atoms with Crippen LogP contribution in [0.2, 0.25) is 5.02 Å². The molecule has 0 atom stereocenters. The summed E-state index contributed by atoms with van der Waals surface area (Å²) in [5.74, 6) is 0. The standard InChI is InChI=1S/C19H22ClN3O3S/c20-15-5-11-18(12-6-15)27(25,26)22-17-9-7-16(8-10-17)21-19(24)23-13-3-1-2-4-14-23/h5-12,22H,1-4,13-14H2,(H,21,24). The third-order valence-corrected chi connectivity index (χ3v) is 6.05. The first-order valence-electron chi connectivity index (χ1n) is 8.88. The number of benzene rings is 2. The summed E-state index contributed by atoms with van der Waals surface area (Å²) in [6.45, 7) is 1.54. The van der Waals surface area contributed by atoms with Crippen molar-refractivity contribution in [2.45, 2.75) is 30.6 Å².